The molecule has 4 N–H and O–H groups in total. The van der Waals surface area contributed by atoms with Crippen molar-refractivity contribution in [3.05, 3.63) is 87.7 Å². The minimum Gasteiger partial charge on any atom is -0.480 e. The Hall–Kier alpha value is -4.32. The minimum atomic E-state index is -1.05. The van der Waals surface area contributed by atoms with Crippen molar-refractivity contribution in [2.75, 3.05) is 6.54 Å². The molecule has 0 radical (unpaired) electrons. The van der Waals surface area contributed by atoms with E-state index in [1.807, 2.05) is 30.3 Å². The molecule has 214 valence electrons. The number of aliphatic hydroxyl groups excluding tert-OH is 1. The maximum absolute atomic E-state index is 16.6. The van der Waals surface area contributed by atoms with Crippen LogP contribution in [0.5, 0.6) is 29.0 Å². The molecule has 1 amide bonds. The quantitative estimate of drug-likeness (QED) is 0.256. The second-order valence-electron chi connectivity index (χ2n) is 10.3. The highest BCUT2D eigenvalue weighted by molar-refractivity contribution is 6.34. The normalized spacial score (nSPS) is 20.1. The van der Waals surface area contributed by atoms with Gasteiger partial charge in [-0.25, -0.2) is 18.7 Å². The van der Waals surface area contributed by atoms with Crippen molar-refractivity contribution in [2.45, 2.75) is 37.5 Å². The molecule has 1 aromatic heterocycles. The zero-order chi connectivity index (χ0) is 29.2. The summed E-state index contributed by atoms with van der Waals surface area (Å²) in [6, 6.07) is 11.8. The molecule has 9 nitrogen and oxygen atoms in total. The molecule has 3 aromatic carbocycles. The lowest BCUT2D eigenvalue weighted by Crippen LogP contribution is -2.48. The van der Waals surface area contributed by atoms with Gasteiger partial charge in [-0.05, 0) is 31.0 Å². The molecule has 2 atom stereocenters. The van der Waals surface area contributed by atoms with Crippen LogP contribution >= 0.6 is 11.6 Å². The average Bonchev–Trinajstić information content (AvgIpc) is 3.67. The standard InChI is InChI=1S/C30H23ClF2N4O5/c31-24-18(32)10-19-17(11-30(42-19,21-7-4-8-35-21)14-5-2-1-3-6-14)22(24)23-16(27(34)39)9-20-26(25(23)33)41-28-29(40-20)37-15(13-38)12-36-28/h1-3,5-6,9-10,12,21,35,38H,4,7-8,11,13H2,(H2,34,39)/t21-,30-/m0/s1. The lowest BCUT2D eigenvalue weighted by atomic mass is 9.80. The summed E-state index contributed by atoms with van der Waals surface area (Å²) in [5, 5.41) is 12.5. The van der Waals surface area contributed by atoms with E-state index in [0.717, 1.165) is 24.9 Å². The van der Waals surface area contributed by atoms with Crippen LogP contribution in [-0.4, -0.2) is 33.6 Å². The van der Waals surface area contributed by atoms with Gasteiger partial charge in [0, 0.05) is 29.2 Å². The number of carbonyl (C=O) groups is 1. The topological polar surface area (TPSA) is 129 Å². The van der Waals surface area contributed by atoms with Crippen LogP contribution in [0.15, 0.2) is 48.7 Å². The predicted molar refractivity (Wildman–Crippen MR) is 147 cm³/mol. The van der Waals surface area contributed by atoms with Gasteiger partial charge in [-0.1, -0.05) is 41.9 Å². The van der Waals surface area contributed by atoms with Gasteiger partial charge in [0.2, 0.25) is 11.7 Å². The molecule has 1 saturated heterocycles. The Morgan fingerprint density at radius 2 is 1.95 bits per heavy atom. The molecule has 4 heterocycles. The van der Waals surface area contributed by atoms with Crippen molar-refractivity contribution in [3.63, 3.8) is 0 Å². The van der Waals surface area contributed by atoms with Crippen molar-refractivity contribution in [1.29, 1.82) is 0 Å². The van der Waals surface area contributed by atoms with Crippen molar-refractivity contribution in [2.24, 2.45) is 5.73 Å². The van der Waals surface area contributed by atoms with Crippen LogP contribution in [0.4, 0.5) is 8.78 Å². The molecule has 42 heavy (non-hydrogen) atoms. The Morgan fingerprint density at radius 3 is 2.67 bits per heavy atom. The van der Waals surface area contributed by atoms with Gasteiger partial charge in [0.25, 0.3) is 11.8 Å². The maximum atomic E-state index is 16.6. The van der Waals surface area contributed by atoms with Gasteiger partial charge in [0.1, 0.15) is 11.6 Å². The zero-order valence-electron chi connectivity index (χ0n) is 21.9. The molecule has 0 aliphatic carbocycles. The summed E-state index contributed by atoms with van der Waals surface area (Å²) in [5.74, 6) is -3.63. The summed E-state index contributed by atoms with van der Waals surface area (Å²) in [6.45, 7) is 0.371. The first-order valence-corrected chi connectivity index (χ1v) is 13.7. The first-order chi connectivity index (χ1) is 20.3. The van der Waals surface area contributed by atoms with Crippen molar-refractivity contribution < 1.29 is 32.9 Å². The van der Waals surface area contributed by atoms with Crippen LogP contribution in [0.25, 0.3) is 11.1 Å². The minimum absolute atomic E-state index is 0.0623. The highest BCUT2D eigenvalue weighted by Gasteiger charge is 2.50. The number of rotatable bonds is 5. The Labute approximate surface area is 243 Å². The predicted octanol–water partition coefficient (Wildman–Crippen LogP) is 5.15. The van der Waals surface area contributed by atoms with Crippen LogP contribution < -0.4 is 25.3 Å². The molecule has 4 aromatic rings. The highest BCUT2D eigenvalue weighted by atomic mass is 35.5. The third kappa shape index (κ3) is 3.99. The third-order valence-corrected chi connectivity index (χ3v) is 8.30. The van der Waals surface area contributed by atoms with Gasteiger partial charge in [-0.15, -0.1) is 0 Å². The van der Waals surface area contributed by atoms with Gasteiger partial charge in [-0.2, -0.15) is 0 Å². The second-order valence-corrected chi connectivity index (χ2v) is 10.7. The molecular weight excluding hydrogens is 570 g/mol. The number of aliphatic hydroxyl groups is 1. The summed E-state index contributed by atoms with van der Waals surface area (Å²) in [7, 11) is 0. The summed E-state index contributed by atoms with van der Waals surface area (Å²) in [4.78, 5) is 20.9. The molecule has 7 rings (SSSR count). The number of primary amides is 1. The number of nitrogens with one attached hydrogen (secondary N) is 1. The van der Waals surface area contributed by atoms with E-state index in [9.17, 15) is 9.90 Å². The fourth-order valence-electron chi connectivity index (χ4n) is 6.05. The molecular formula is C30H23ClF2N4O5. The first-order valence-electron chi connectivity index (χ1n) is 13.3. The number of halogens is 3. The van der Waals surface area contributed by atoms with Crippen LogP contribution in [0, 0.1) is 11.6 Å². The smallest absolute Gasteiger partial charge is 0.284 e. The van der Waals surface area contributed by atoms with Gasteiger partial charge in [-0.3, -0.25) is 4.79 Å². The molecule has 3 aliphatic heterocycles. The van der Waals surface area contributed by atoms with E-state index >= 15 is 8.78 Å². The van der Waals surface area contributed by atoms with Gasteiger partial charge < -0.3 is 30.4 Å². The number of benzene rings is 3. The Kier molecular flexibility index (Phi) is 6.26. The zero-order valence-corrected chi connectivity index (χ0v) is 22.7. The lowest BCUT2D eigenvalue weighted by molar-refractivity contribution is 0.0539. The van der Waals surface area contributed by atoms with Crippen LogP contribution in [0.1, 0.15) is 40.0 Å². The monoisotopic (exact) mass is 592 g/mol. The molecule has 1 fully saturated rings. The molecule has 12 heteroatoms. The number of aromatic nitrogens is 2. The summed E-state index contributed by atoms with van der Waals surface area (Å²) < 4.78 is 50.0. The number of nitrogens with two attached hydrogens (primary N) is 1. The van der Waals surface area contributed by atoms with E-state index in [-0.39, 0.29) is 58.1 Å². The molecule has 3 aliphatic rings. The maximum Gasteiger partial charge on any atom is 0.284 e. The fraction of sp³-hybridized carbons (Fsp3) is 0.233. The van der Waals surface area contributed by atoms with Gasteiger partial charge >= 0.3 is 0 Å². The van der Waals surface area contributed by atoms with Gasteiger partial charge in [0.05, 0.1) is 35.1 Å². The SMILES string of the molecule is NC(=O)c1cc2c(c(F)c1-c1c(Cl)c(F)cc3c1C[C@](c1ccccc1)([C@@H]1CCCN1)O3)Oc1ncc(CO)nc1O2. The van der Waals surface area contributed by atoms with Gasteiger partial charge in [0.15, 0.2) is 17.2 Å². The number of nitrogens with zero attached hydrogens (tertiary/aromatic N) is 2. The second kappa shape index (κ2) is 9.90. The van der Waals surface area contributed by atoms with E-state index in [4.69, 9.17) is 31.5 Å². The Balaban J connectivity index is 1.43. The van der Waals surface area contributed by atoms with Crippen molar-refractivity contribution >= 4 is 17.5 Å². The lowest BCUT2D eigenvalue weighted by Gasteiger charge is -2.35. The number of carbonyl (C=O) groups excluding carboxylic acids is 1. The Bertz CT molecular complexity index is 1770. The summed E-state index contributed by atoms with van der Waals surface area (Å²) in [6.07, 6.45) is 3.19. The molecule has 0 spiro atoms. The van der Waals surface area contributed by atoms with Crippen LogP contribution in [-0.2, 0) is 18.6 Å². The molecule has 0 bridgehead atoms. The summed E-state index contributed by atoms with van der Waals surface area (Å²) >= 11 is 6.57. The average molecular weight is 593 g/mol. The van der Waals surface area contributed by atoms with E-state index in [2.05, 4.69) is 15.3 Å². The number of ether oxygens (including phenoxy) is 3. The molecule has 0 unspecified atom stereocenters. The number of hydrogen-bond donors (Lipinski definition) is 3. The highest BCUT2D eigenvalue weighted by Crippen LogP contribution is 2.54. The Morgan fingerprint density at radius 1 is 1.14 bits per heavy atom. The summed E-state index contributed by atoms with van der Waals surface area (Å²) in [5.41, 5.74) is 5.54. The van der Waals surface area contributed by atoms with Crippen molar-refractivity contribution in [3.8, 4) is 40.1 Å². The fourth-order valence-corrected chi connectivity index (χ4v) is 6.31. The van der Waals surface area contributed by atoms with E-state index < -0.39 is 40.5 Å². The van der Waals surface area contributed by atoms with Crippen molar-refractivity contribution in [1.82, 2.24) is 15.3 Å². The van der Waals surface area contributed by atoms with Crippen LogP contribution in [0.3, 0.4) is 0 Å². The van der Waals surface area contributed by atoms with E-state index in [1.54, 1.807) is 0 Å². The number of hydrogen-bond acceptors (Lipinski definition) is 8. The number of fused-ring (bicyclic) bond motifs is 3. The number of amides is 1. The third-order valence-electron chi connectivity index (χ3n) is 7.93. The van der Waals surface area contributed by atoms with Crippen LogP contribution in [0.2, 0.25) is 5.02 Å². The largest absolute Gasteiger partial charge is 0.480 e. The van der Waals surface area contributed by atoms with E-state index in [0.29, 0.717) is 5.56 Å². The van der Waals surface area contributed by atoms with E-state index in [1.165, 1.54) is 18.3 Å². The first kappa shape index (κ1) is 26.6. The molecule has 0 saturated carbocycles.